The van der Waals surface area contributed by atoms with E-state index in [1.807, 2.05) is 26.0 Å². The van der Waals surface area contributed by atoms with Gasteiger partial charge in [0.05, 0.1) is 11.9 Å². The third-order valence-electron chi connectivity index (χ3n) is 3.79. The first-order valence-corrected chi connectivity index (χ1v) is 9.57. The third-order valence-corrected chi connectivity index (χ3v) is 5.03. The fourth-order valence-corrected chi connectivity index (χ4v) is 3.78. The van der Waals surface area contributed by atoms with E-state index in [1.54, 1.807) is 6.07 Å². The Hall–Kier alpha value is -2.41. The van der Waals surface area contributed by atoms with Gasteiger partial charge in [-0.1, -0.05) is 23.8 Å². The lowest BCUT2D eigenvalue weighted by molar-refractivity contribution is -0.116. The van der Waals surface area contributed by atoms with Crippen LogP contribution >= 0.6 is 0 Å². The molecule has 0 aliphatic heterocycles. The van der Waals surface area contributed by atoms with Crippen LogP contribution in [0.2, 0.25) is 0 Å². The fraction of sp³-hybridized carbons (Fsp3) is 0.278. The molecule has 134 valence electrons. The standard InChI is InChI=1S/C18H21FN2O3S/c1-12-8-9-17(13(2)10-12)20-18(22)14(3)21(25(4,23)24)16-7-5-6-15(19)11-16/h5-11,14H,1-4H3,(H,20,22)/t14-/m1/s1. The molecule has 0 aliphatic carbocycles. The number of carbonyl (C=O) groups excluding carboxylic acids is 1. The van der Waals surface area contributed by atoms with Crippen molar-refractivity contribution in [3.63, 3.8) is 0 Å². The predicted molar refractivity (Wildman–Crippen MR) is 97.7 cm³/mol. The van der Waals surface area contributed by atoms with Gasteiger partial charge in [0.15, 0.2) is 0 Å². The predicted octanol–water partition coefficient (Wildman–Crippen LogP) is 3.24. The summed E-state index contributed by atoms with van der Waals surface area (Å²) in [6, 6.07) is 9.64. The monoisotopic (exact) mass is 364 g/mol. The number of rotatable bonds is 5. The summed E-state index contributed by atoms with van der Waals surface area (Å²) >= 11 is 0. The highest BCUT2D eigenvalue weighted by Crippen LogP contribution is 2.23. The molecule has 0 aromatic heterocycles. The van der Waals surface area contributed by atoms with E-state index in [4.69, 9.17) is 0 Å². The topological polar surface area (TPSA) is 66.5 Å². The summed E-state index contributed by atoms with van der Waals surface area (Å²) < 4.78 is 38.8. The minimum absolute atomic E-state index is 0.103. The van der Waals surface area contributed by atoms with Gasteiger partial charge in [0, 0.05) is 5.69 Å². The Balaban J connectivity index is 2.33. The molecule has 0 saturated carbocycles. The molecule has 0 fully saturated rings. The lowest BCUT2D eigenvalue weighted by atomic mass is 10.1. The van der Waals surface area contributed by atoms with E-state index in [0.717, 1.165) is 27.8 Å². The molecule has 1 atom stereocenters. The number of carbonyl (C=O) groups is 1. The molecule has 2 aromatic carbocycles. The number of amides is 1. The van der Waals surface area contributed by atoms with Crippen molar-refractivity contribution in [2.24, 2.45) is 0 Å². The molecule has 0 saturated heterocycles. The molecule has 25 heavy (non-hydrogen) atoms. The van der Waals surface area contributed by atoms with Crippen molar-refractivity contribution in [2.45, 2.75) is 26.8 Å². The highest BCUT2D eigenvalue weighted by Gasteiger charge is 2.29. The molecule has 5 nitrogen and oxygen atoms in total. The molecule has 0 bridgehead atoms. The van der Waals surface area contributed by atoms with E-state index in [1.165, 1.54) is 25.1 Å². The zero-order chi connectivity index (χ0) is 18.8. The SMILES string of the molecule is Cc1ccc(NC(=O)[C@@H](C)N(c2cccc(F)c2)S(C)(=O)=O)c(C)c1. The Morgan fingerprint density at radius 2 is 1.84 bits per heavy atom. The second-order valence-electron chi connectivity index (χ2n) is 6.02. The minimum Gasteiger partial charge on any atom is -0.324 e. The van der Waals surface area contributed by atoms with Crippen LogP contribution in [0.1, 0.15) is 18.1 Å². The number of benzene rings is 2. The van der Waals surface area contributed by atoms with Crippen molar-refractivity contribution in [2.75, 3.05) is 15.9 Å². The van der Waals surface area contributed by atoms with E-state index in [2.05, 4.69) is 5.32 Å². The summed E-state index contributed by atoms with van der Waals surface area (Å²) in [5.74, 6) is -1.07. The first kappa shape index (κ1) is 18.9. The van der Waals surface area contributed by atoms with Gasteiger partial charge in [-0.2, -0.15) is 0 Å². The summed E-state index contributed by atoms with van der Waals surface area (Å²) in [6.07, 6.45) is 0.985. The number of nitrogens with zero attached hydrogens (tertiary/aromatic N) is 1. The number of anilines is 2. The van der Waals surface area contributed by atoms with E-state index in [9.17, 15) is 17.6 Å². The van der Waals surface area contributed by atoms with Gasteiger partial charge in [-0.25, -0.2) is 12.8 Å². The van der Waals surface area contributed by atoms with Gasteiger partial charge in [0.25, 0.3) is 0 Å². The van der Waals surface area contributed by atoms with Crippen molar-refractivity contribution in [1.82, 2.24) is 0 Å². The van der Waals surface area contributed by atoms with Crippen LogP contribution in [-0.4, -0.2) is 26.6 Å². The molecule has 0 aliphatic rings. The van der Waals surface area contributed by atoms with E-state index in [-0.39, 0.29) is 5.69 Å². The van der Waals surface area contributed by atoms with Crippen LogP contribution < -0.4 is 9.62 Å². The Morgan fingerprint density at radius 3 is 2.40 bits per heavy atom. The Morgan fingerprint density at radius 1 is 1.16 bits per heavy atom. The maximum Gasteiger partial charge on any atom is 0.248 e. The number of hydrogen-bond donors (Lipinski definition) is 1. The average Bonchev–Trinajstić information content (AvgIpc) is 2.48. The summed E-state index contributed by atoms with van der Waals surface area (Å²) in [5.41, 5.74) is 2.64. The number of halogens is 1. The lowest BCUT2D eigenvalue weighted by Crippen LogP contribution is -2.45. The zero-order valence-corrected chi connectivity index (χ0v) is 15.4. The van der Waals surface area contributed by atoms with Crippen molar-refractivity contribution in [1.29, 1.82) is 0 Å². The maximum atomic E-state index is 13.5. The highest BCUT2D eigenvalue weighted by molar-refractivity contribution is 7.92. The molecule has 7 heteroatoms. The maximum absolute atomic E-state index is 13.5. The van der Waals surface area contributed by atoms with Crippen LogP contribution in [0.3, 0.4) is 0 Å². The van der Waals surface area contributed by atoms with Crippen LogP contribution in [0.4, 0.5) is 15.8 Å². The summed E-state index contributed by atoms with van der Waals surface area (Å²) in [7, 11) is -3.78. The molecular formula is C18H21FN2O3S. The molecule has 0 radical (unpaired) electrons. The van der Waals surface area contributed by atoms with Crippen molar-refractivity contribution < 1.29 is 17.6 Å². The van der Waals surface area contributed by atoms with Crippen LogP contribution in [0.5, 0.6) is 0 Å². The molecule has 0 unspecified atom stereocenters. The third kappa shape index (κ3) is 4.57. The Kier molecular flexibility index (Phi) is 5.47. The molecule has 1 amide bonds. The molecule has 0 spiro atoms. The molecular weight excluding hydrogens is 343 g/mol. The van der Waals surface area contributed by atoms with Gasteiger partial charge in [0.1, 0.15) is 11.9 Å². The number of hydrogen-bond acceptors (Lipinski definition) is 3. The molecule has 0 heterocycles. The van der Waals surface area contributed by atoms with Gasteiger partial charge in [-0.3, -0.25) is 9.10 Å². The Bertz CT molecular complexity index is 897. The first-order valence-electron chi connectivity index (χ1n) is 7.72. The Labute approximate surface area is 147 Å². The number of nitrogens with one attached hydrogen (secondary N) is 1. The lowest BCUT2D eigenvalue weighted by Gasteiger charge is -2.28. The van der Waals surface area contributed by atoms with Crippen LogP contribution in [0.15, 0.2) is 42.5 Å². The fourth-order valence-electron chi connectivity index (χ4n) is 2.61. The quantitative estimate of drug-likeness (QED) is 0.886. The summed E-state index contributed by atoms with van der Waals surface area (Å²) in [4.78, 5) is 12.6. The van der Waals surface area contributed by atoms with Crippen molar-refractivity contribution in [3.05, 3.63) is 59.4 Å². The zero-order valence-electron chi connectivity index (χ0n) is 14.6. The van der Waals surface area contributed by atoms with Gasteiger partial charge in [-0.05, 0) is 50.6 Å². The number of sulfonamides is 1. The van der Waals surface area contributed by atoms with Gasteiger partial charge >= 0.3 is 0 Å². The van der Waals surface area contributed by atoms with Crippen LogP contribution in [-0.2, 0) is 14.8 Å². The van der Waals surface area contributed by atoms with E-state index < -0.39 is 27.8 Å². The average molecular weight is 364 g/mol. The minimum atomic E-state index is -3.78. The van der Waals surface area contributed by atoms with Gasteiger partial charge < -0.3 is 5.32 Å². The second kappa shape index (κ2) is 7.23. The molecule has 2 aromatic rings. The first-order chi connectivity index (χ1) is 11.6. The van der Waals surface area contributed by atoms with Crippen LogP contribution in [0.25, 0.3) is 0 Å². The van der Waals surface area contributed by atoms with E-state index in [0.29, 0.717) is 5.69 Å². The molecule has 1 N–H and O–H groups in total. The summed E-state index contributed by atoms with van der Waals surface area (Å²) in [5, 5.41) is 2.74. The normalized spacial score (nSPS) is 12.5. The van der Waals surface area contributed by atoms with Crippen LogP contribution in [0, 0.1) is 19.7 Å². The van der Waals surface area contributed by atoms with Gasteiger partial charge in [-0.15, -0.1) is 0 Å². The second-order valence-corrected chi connectivity index (χ2v) is 7.88. The van der Waals surface area contributed by atoms with Crippen molar-refractivity contribution in [3.8, 4) is 0 Å². The largest absolute Gasteiger partial charge is 0.324 e. The number of aryl methyl sites for hydroxylation is 2. The summed E-state index contributed by atoms with van der Waals surface area (Å²) in [6.45, 7) is 5.26. The van der Waals surface area contributed by atoms with Crippen molar-refractivity contribution >= 4 is 27.3 Å². The highest BCUT2D eigenvalue weighted by atomic mass is 32.2. The molecule has 2 rings (SSSR count). The van der Waals surface area contributed by atoms with E-state index >= 15 is 0 Å². The smallest absolute Gasteiger partial charge is 0.248 e. The van der Waals surface area contributed by atoms with Gasteiger partial charge in [0.2, 0.25) is 15.9 Å².